The van der Waals surface area contributed by atoms with E-state index in [1.54, 1.807) is 25.3 Å². The van der Waals surface area contributed by atoms with E-state index in [0.29, 0.717) is 13.1 Å². The molecule has 0 aliphatic carbocycles. The molecule has 0 aliphatic heterocycles. The fraction of sp³-hybridized carbons (Fsp3) is 0.250. The highest BCUT2D eigenvalue weighted by molar-refractivity contribution is 5.73. The first kappa shape index (κ1) is 14.8. The quantitative estimate of drug-likeness (QED) is 0.918. The van der Waals surface area contributed by atoms with Gasteiger partial charge < -0.3 is 15.0 Å². The maximum Gasteiger partial charge on any atom is 0.317 e. The van der Waals surface area contributed by atoms with Crippen LogP contribution in [0.3, 0.4) is 0 Å². The second-order valence-electron chi connectivity index (χ2n) is 4.65. The van der Waals surface area contributed by atoms with Crippen LogP contribution in [0, 0.1) is 0 Å². The zero-order chi connectivity index (χ0) is 15.1. The van der Waals surface area contributed by atoms with Crippen molar-refractivity contribution >= 4 is 6.03 Å². The van der Waals surface area contributed by atoms with Crippen molar-refractivity contribution in [2.24, 2.45) is 0 Å². The first-order chi connectivity index (χ1) is 10.2. The molecule has 0 bridgehead atoms. The number of para-hydroxylation sites is 1. The van der Waals surface area contributed by atoms with E-state index in [1.807, 2.05) is 42.5 Å². The number of methoxy groups -OCH3 is 1. The first-order valence-corrected chi connectivity index (χ1v) is 6.71. The number of amides is 2. The summed E-state index contributed by atoms with van der Waals surface area (Å²) in [6.07, 6.45) is 1.72. The van der Waals surface area contributed by atoms with E-state index in [1.165, 1.54) is 0 Å². The number of nitrogens with zero attached hydrogens (tertiary/aromatic N) is 2. The molecular formula is C16H19N3O2. The Morgan fingerprint density at radius 2 is 2.00 bits per heavy atom. The van der Waals surface area contributed by atoms with Gasteiger partial charge >= 0.3 is 6.03 Å². The van der Waals surface area contributed by atoms with Crippen molar-refractivity contribution in [3.63, 3.8) is 0 Å². The highest BCUT2D eigenvalue weighted by atomic mass is 16.5. The molecule has 0 fully saturated rings. The van der Waals surface area contributed by atoms with Crippen LogP contribution in [0.25, 0.3) is 0 Å². The predicted molar refractivity (Wildman–Crippen MR) is 80.9 cm³/mol. The summed E-state index contributed by atoms with van der Waals surface area (Å²) in [4.78, 5) is 17.9. The Kier molecular flexibility index (Phi) is 5.15. The van der Waals surface area contributed by atoms with Gasteiger partial charge in [0.1, 0.15) is 5.75 Å². The average molecular weight is 285 g/mol. The number of nitrogens with one attached hydrogen (secondary N) is 1. The lowest BCUT2D eigenvalue weighted by atomic mass is 10.2. The predicted octanol–water partition coefficient (Wildman–Crippen LogP) is 2.43. The van der Waals surface area contributed by atoms with Crippen molar-refractivity contribution in [2.75, 3.05) is 14.2 Å². The highest BCUT2D eigenvalue weighted by Gasteiger charge is 2.10. The molecule has 0 unspecified atom stereocenters. The van der Waals surface area contributed by atoms with Gasteiger partial charge in [-0.05, 0) is 18.2 Å². The Balaban J connectivity index is 1.89. The molecule has 5 heteroatoms. The van der Waals surface area contributed by atoms with Crippen LogP contribution in [-0.4, -0.2) is 30.1 Å². The number of hydrogen-bond donors (Lipinski definition) is 1. The van der Waals surface area contributed by atoms with E-state index in [0.717, 1.165) is 17.0 Å². The highest BCUT2D eigenvalue weighted by Crippen LogP contribution is 2.16. The Morgan fingerprint density at radius 3 is 2.71 bits per heavy atom. The van der Waals surface area contributed by atoms with Gasteiger partial charge in [0.15, 0.2) is 0 Å². The van der Waals surface area contributed by atoms with Crippen LogP contribution in [0.4, 0.5) is 4.79 Å². The smallest absolute Gasteiger partial charge is 0.317 e. The third-order valence-corrected chi connectivity index (χ3v) is 3.09. The van der Waals surface area contributed by atoms with Crippen molar-refractivity contribution in [2.45, 2.75) is 13.1 Å². The number of pyridine rings is 1. The fourth-order valence-corrected chi connectivity index (χ4v) is 1.96. The minimum absolute atomic E-state index is 0.147. The Hall–Kier alpha value is -2.56. The van der Waals surface area contributed by atoms with E-state index >= 15 is 0 Å². The monoisotopic (exact) mass is 285 g/mol. The molecular weight excluding hydrogens is 266 g/mol. The van der Waals surface area contributed by atoms with Gasteiger partial charge in [-0.1, -0.05) is 24.3 Å². The van der Waals surface area contributed by atoms with Gasteiger partial charge in [0.05, 0.1) is 19.3 Å². The van der Waals surface area contributed by atoms with Crippen molar-refractivity contribution in [1.82, 2.24) is 15.2 Å². The van der Waals surface area contributed by atoms with Crippen molar-refractivity contribution in [1.29, 1.82) is 0 Å². The van der Waals surface area contributed by atoms with E-state index in [2.05, 4.69) is 10.3 Å². The van der Waals surface area contributed by atoms with Crippen LogP contribution in [0.15, 0.2) is 48.7 Å². The molecule has 2 aromatic rings. The number of hydrogen-bond acceptors (Lipinski definition) is 3. The number of urea groups is 1. The molecule has 5 nitrogen and oxygen atoms in total. The third kappa shape index (κ3) is 4.21. The summed E-state index contributed by atoms with van der Waals surface area (Å²) in [5.41, 5.74) is 1.80. The van der Waals surface area contributed by atoms with E-state index in [9.17, 15) is 4.79 Å². The van der Waals surface area contributed by atoms with Crippen LogP contribution in [0.2, 0.25) is 0 Å². The number of rotatable bonds is 5. The minimum Gasteiger partial charge on any atom is -0.496 e. The van der Waals surface area contributed by atoms with Gasteiger partial charge in [0.25, 0.3) is 0 Å². The second-order valence-corrected chi connectivity index (χ2v) is 4.65. The van der Waals surface area contributed by atoms with Gasteiger partial charge in [0.2, 0.25) is 0 Å². The maximum absolute atomic E-state index is 12.1. The lowest BCUT2D eigenvalue weighted by Gasteiger charge is -2.18. The summed E-state index contributed by atoms with van der Waals surface area (Å²) >= 11 is 0. The molecule has 2 amide bonds. The zero-order valence-corrected chi connectivity index (χ0v) is 12.2. The van der Waals surface area contributed by atoms with Crippen molar-refractivity contribution in [3.8, 4) is 5.75 Å². The standard InChI is InChI=1S/C16H19N3O2/c1-19(12-14-8-5-6-10-17-14)16(20)18-11-13-7-3-4-9-15(13)21-2/h3-10H,11-12H2,1-2H3,(H,18,20). The maximum atomic E-state index is 12.1. The molecule has 21 heavy (non-hydrogen) atoms. The molecule has 0 saturated heterocycles. The third-order valence-electron chi connectivity index (χ3n) is 3.09. The minimum atomic E-state index is -0.147. The summed E-state index contributed by atoms with van der Waals surface area (Å²) < 4.78 is 5.26. The summed E-state index contributed by atoms with van der Waals surface area (Å²) in [5.74, 6) is 0.769. The molecule has 0 spiro atoms. The Bertz CT molecular complexity index is 587. The van der Waals surface area contributed by atoms with Crippen molar-refractivity contribution in [3.05, 3.63) is 59.9 Å². The van der Waals surface area contributed by atoms with Gasteiger partial charge in [-0.15, -0.1) is 0 Å². The van der Waals surface area contributed by atoms with Gasteiger partial charge in [-0.3, -0.25) is 4.98 Å². The molecule has 1 aromatic heterocycles. The summed E-state index contributed by atoms with van der Waals surface area (Å²) in [6.45, 7) is 0.897. The van der Waals surface area contributed by atoms with E-state index in [-0.39, 0.29) is 6.03 Å². The molecule has 0 radical (unpaired) electrons. The van der Waals surface area contributed by atoms with Crippen LogP contribution < -0.4 is 10.1 Å². The van der Waals surface area contributed by atoms with Crippen LogP contribution in [-0.2, 0) is 13.1 Å². The van der Waals surface area contributed by atoms with E-state index in [4.69, 9.17) is 4.74 Å². The normalized spacial score (nSPS) is 10.0. The molecule has 2 rings (SSSR count). The number of aromatic nitrogens is 1. The molecule has 0 aliphatic rings. The largest absolute Gasteiger partial charge is 0.496 e. The summed E-state index contributed by atoms with van der Waals surface area (Å²) in [5, 5.41) is 2.87. The zero-order valence-electron chi connectivity index (χ0n) is 12.2. The summed E-state index contributed by atoms with van der Waals surface area (Å²) in [7, 11) is 3.36. The average Bonchev–Trinajstić information content (AvgIpc) is 2.53. The number of carbonyl (C=O) groups excluding carboxylic acids is 1. The van der Waals surface area contributed by atoms with Crippen LogP contribution in [0.1, 0.15) is 11.3 Å². The number of ether oxygens (including phenoxy) is 1. The topological polar surface area (TPSA) is 54.5 Å². The SMILES string of the molecule is COc1ccccc1CNC(=O)N(C)Cc1ccccn1. The van der Waals surface area contributed by atoms with E-state index < -0.39 is 0 Å². The van der Waals surface area contributed by atoms with Gasteiger partial charge in [-0.25, -0.2) is 4.79 Å². The van der Waals surface area contributed by atoms with Crippen LogP contribution in [0.5, 0.6) is 5.75 Å². The lowest BCUT2D eigenvalue weighted by molar-refractivity contribution is 0.206. The fourth-order valence-electron chi connectivity index (χ4n) is 1.96. The van der Waals surface area contributed by atoms with Crippen molar-refractivity contribution < 1.29 is 9.53 Å². The molecule has 1 heterocycles. The summed E-state index contributed by atoms with van der Waals surface area (Å²) in [6, 6.07) is 13.1. The first-order valence-electron chi connectivity index (χ1n) is 6.71. The Labute approximate surface area is 124 Å². The molecule has 1 aromatic carbocycles. The number of benzene rings is 1. The molecule has 110 valence electrons. The second kappa shape index (κ2) is 7.28. The van der Waals surface area contributed by atoms with Crippen LogP contribution >= 0.6 is 0 Å². The molecule has 0 atom stereocenters. The molecule has 1 N–H and O–H groups in total. The van der Waals surface area contributed by atoms with Gasteiger partial charge in [0, 0.05) is 25.4 Å². The van der Waals surface area contributed by atoms with Gasteiger partial charge in [-0.2, -0.15) is 0 Å². The lowest BCUT2D eigenvalue weighted by Crippen LogP contribution is -2.36. The number of carbonyl (C=O) groups is 1. The molecule has 0 saturated carbocycles. The Morgan fingerprint density at radius 1 is 1.24 bits per heavy atom.